The SMILES string of the molecule is CN(C)C(=O)c1cccc(C(=O)N2CCNCC2c2nccn2C)c1.Cl. The Morgan fingerprint density at radius 1 is 1.27 bits per heavy atom. The Labute approximate surface area is 159 Å². The highest BCUT2D eigenvalue weighted by Gasteiger charge is 2.31. The Bertz CT molecular complexity index is 789. The van der Waals surface area contributed by atoms with E-state index in [0.29, 0.717) is 24.2 Å². The van der Waals surface area contributed by atoms with E-state index in [1.54, 1.807) is 44.6 Å². The van der Waals surface area contributed by atoms with Crippen molar-refractivity contribution in [2.24, 2.45) is 7.05 Å². The van der Waals surface area contributed by atoms with E-state index in [1.165, 1.54) is 4.90 Å². The molecule has 0 saturated carbocycles. The van der Waals surface area contributed by atoms with Gasteiger partial charge in [-0.05, 0) is 18.2 Å². The highest BCUT2D eigenvalue weighted by Crippen LogP contribution is 2.23. The summed E-state index contributed by atoms with van der Waals surface area (Å²) in [6.45, 7) is 2.00. The maximum atomic E-state index is 13.1. The van der Waals surface area contributed by atoms with Crippen molar-refractivity contribution in [2.75, 3.05) is 33.7 Å². The van der Waals surface area contributed by atoms with Crippen molar-refractivity contribution >= 4 is 24.2 Å². The van der Waals surface area contributed by atoms with Gasteiger partial charge in [0.15, 0.2) is 0 Å². The summed E-state index contributed by atoms with van der Waals surface area (Å²) in [5.74, 6) is 0.652. The van der Waals surface area contributed by atoms with Gasteiger partial charge in [-0.1, -0.05) is 6.07 Å². The molecule has 8 heteroatoms. The van der Waals surface area contributed by atoms with E-state index in [9.17, 15) is 9.59 Å². The standard InChI is InChI=1S/C18H23N5O2.ClH/c1-21(2)17(24)13-5-4-6-14(11-13)18(25)23-10-7-19-12-15(23)16-20-8-9-22(16)3;/h4-6,8-9,11,15,19H,7,10,12H2,1-3H3;1H. The second-order valence-corrected chi connectivity index (χ2v) is 6.40. The van der Waals surface area contributed by atoms with Crippen LogP contribution in [0, 0.1) is 0 Å². The normalized spacial score (nSPS) is 16.7. The van der Waals surface area contributed by atoms with Gasteiger partial charge >= 0.3 is 0 Å². The molecule has 1 N–H and O–H groups in total. The number of amides is 2. The van der Waals surface area contributed by atoms with E-state index in [0.717, 1.165) is 12.4 Å². The molecular formula is C18H24ClN5O2. The second kappa shape index (κ2) is 8.33. The van der Waals surface area contributed by atoms with Crippen molar-refractivity contribution in [2.45, 2.75) is 6.04 Å². The second-order valence-electron chi connectivity index (χ2n) is 6.40. The first-order valence-electron chi connectivity index (χ1n) is 8.29. The highest BCUT2D eigenvalue weighted by molar-refractivity contribution is 5.99. The fourth-order valence-electron chi connectivity index (χ4n) is 3.09. The first kappa shape index (κ1) is 19.9. The number of rotatable bonds is 3. The molecule has 2 heterocycles. The quantitative estimate of drug-likeness (QED) is 0.876. The Kier molecular flexibility index (Phi) is 6.39. The average Bonchev–Trinajstić information content (AvgIpc) is 3.06. The number of carbonyl (C=O) groups is 2. The van der Waals surface area contributed by atoms with Gasteiger partial charge in [-0.25, -0.2) is 4.98 Å². The molecule has 0 spiro atoms. The molecule has 0 aliphatic carbocycles. The summed E-state index contributed by atoms with van der Waals surface area (Å²) >= 11 is 0. The van der Waals surface area contributed by atoms with Crippen LogP contribution in [0.25, 0.3) is 0 Å². The average molecular weight is 378 g/mol. The predicted molar refractivity (Wildman–Crippen MR) is 102 cm³/mol. The molecule has 1 atom stereocenters. The molecule has 1 aromatic carbocycles. The first-order chi connectivity index (χ1) is 12.0. The van der Waals surface area contributed by atoms with Crippen molar-refractivity contribution in [1.29, 1.82) is 0 Å². The van der Waals surface area contributed by atoms with Crippen molar-refractivity contribution in [3.05, 3.63) is 53.6 Å². The number of nitrogens with one attached hydrogen (secondary N) is 1. The van der Waals surface area contributed by atoms with Crippen LogP contribution < -0.4 is 5.32 Å². The third-order valence-electron chi connectivity index (χ3n) is 4.42. The van der Waals surface area contributed by atoms with Crippen LogP contribution in [-0.2, 0) is 7.05 Å². The first-order valence-corrected chi connectivity index (χ1v) is 8.29. The Morgan fingerprint density at radius 2 is 2.00 bits per heavy atom. The van der Waals surface area contributed by atoms with Crippen LogP contribution >= 0.6 is 12.4 Å². The van der Waals surface area contributed by atoms with Gasteiger partial charge < -0.3 is 19.7 Å². The van der Waals surface area contributed by atoms with Gasteiger partial charge in [0.25, 0.3) is 11.8 Å². The zero-order valence-corrected chi connectivity index (χ0v) is 16.0. The number of aromatic nitrogens is 2. The number of piperazine rings is 1. The summed E-state index contributed by atoms with van der Waals surface area (Å²) in [4.78, 5) is 33.0. The van der Waals surface area contributed by atoms with Crippen molar-refractivity contribution in [1.82, 2.24) is 24.7 Å². The molecule has 1 fully saturated rings. The van der Waals surface area contributed by atoms with E-state index < -0.39 is 0 Å². The minimum Gasteiger partial charge on any atom is -0.345 e. The number of aryl methyl sites for hydroxylation is 1. The lowest BCUT2D eigenvalue weighted by atomic mass is 10.1. The molecule has 7 nitrogen and oxygen atoms in total. The van der Waals surface area contributed by atoms with E-state index in [2.05, 4.69) is 10.3 Å². The lowest BCUT2D eigenvalue weighted by molar-refractivity contribution is 0.0621. The van der Waals surface area contributed by atoms with Gasteiger partial charge in [-0.3, -0.25) is 9.59 Å². The van der Waals surface area contributed by atoms with Crippen LogP contribution in [0.2, 0.25) is 0 Å². The Hall–Kier alpha value is -2.38. The predicted octanol–water partition coefficient (Wildman–Crippen LogP) is 1.33. The molecule has 0 bridgehead atoms. The Balaban J connectivity index is 0.00000243. The number of benzene rings is 1. The summed E-state index contributed by atoms with van der Waals surface area (Å²) in [6.07, 6.45) is 3.62. The Morgan fingerprint density at radius 3 is 2.65 bits per heavy atom. The molecule has 140 valence electrons. The molecule has 1 unspecified atom stereocenters. The summed E-state index contributed by atoms with van der Waals surface area (Å²) < 4.78 is 1.93. The number of hydrogen-bond acceptors (Lipinski definition) is 4. The summed E-state index contributed by atoms with van der Waals surface area (Å²) in [5, 5.41) is 3.32. The number of imidazole rings is 1. The fraction of sp³-hybridized carbons (Fsp3) is 0.389. The number of hydrogen-bond donors (Lipinski definition) is 1. The molecule has 1 aliphatic heterocycles. The van der Waals surface area contributed by atoms with Crippen LogP contribution in [0.1, 0.15) is 32.6 Å². The minimum absolute atomic E-state index is 0. The van der Waals surface area contributed by atoms with Gasteiger partial charge in [0, 0.05) is 64.3 Å². The number of carbonyl (C=O) groups excluding carboxylic acids is 2. The zero-order chi connectivity index (χ0) is 18.0. The third kappa shape index (κ3) is 3.89. The molecule has 2 aromatic rings. The molecule has 3 rings (SSSR count). The zero-order valence-electron chi connectivity index (χ0n) is 15.2. The maximum Gasteiger partial charge on any atom is 0.254 e. The van der Waals surface area contributed by atoms with E-state index >= 15 is 0 Å². The molecule has 26 heavy (non-hydrogen) atoms. The van der Waals surface area contributed by atoms with Crippen LogP contribution in [0.5, 0.6) is 0 Å². The van der Waals surface area contributed by atoms with E-state index in [4.69, 9.17) is 0 Å². The lowest BCUT2D eigenvalue weighted by Crippen LogP contribution is -2.49. The van der Waals surface area contributed by atoms with Crippen LogP contribution in [0.15, 0.2) is 36.7 Å². The van der Waals surface area contributed by atoms with Gasteiger partial charge in [-0.2, -0.15) is 0 Å². The number of nitrogens with zero attached hydrogens (tertiary/aromatic N) is 4. The lowest BCUT2D eigenvalue weighted by Gasteiger charge is -2.35. The topological polar surface area (TPSA) is 70.5 Å². The summed E-state index contributed by atoms with van der Waals surface area (Å²) in [5.41, 5.74) is 1.04. The summed E-state index contributed by atoms with van der Waals surface area (Å²) in [6, 6.07) is 6.78. The van der Waals surface area contributed by atoms with Crippen LogP contribution in [0.4, 0.5) is 0 Å². The maximum absolute atomic E-state index is 13.1. The molecule has 2 amide bonds. The molecule has 1 saturated heterocycles. The van der Waals surface area contributed by atoms with Crippen molar-refractivity contribution in [3.63, 3.8) is 0 Å². The smallest absolute Gasteiger partial charge is 0.254 e. The minimum atomic E-state index is -0.130. The highest BCUT2D eigenvalue weighted by atomic mass is 35.5. The molecular weight excluding hydrogens is 354 g/mol. The molecule has 1 aliphatic rings. The molecule has 0 radical (unpaired) electrons. The van der Waals surface area contributed by atoms with Crippen molar-refractivity contribution < 1.29 is 9.59 Å². The fourth-order valence-corrected chi connectivity index (χ4v) is 3.09. The third-order valence-corrected chi connectivity index (χ3v) is 4.42. The molecule has 1 aromatic heterocycles. The van der Waals surface area contributed by atoms with Gasteiger partial charge in [0.2, 0.25) is 0 Å². The van der Waals surface area contributed by atoms with E-state index in [1.807, 2.05) is 22.7 Å². The summed E-state index contributed by atoms with van der Waals surface area (Å²) in [7, 11) is 5.32. The van der Waals surface area contributed by atoms with Gasteiger partial charge in [0.1, 0.15) is 11.9 Å². The van der Waals surface area contributed by atoms with E-state index in [-0.39, 0.29) is 30.3 Å². The van der Waals surface area contributed by atoms with Crippen LogP contribution in [-0.4, -0.2) is 64.9 Å². The van der Waals surface area contributed by atoms with Gasteiger partial charge in [0.05, 0.1) is 0 Å². The van der Waals surface area contributed by atoms with Crippen LogP contribution in [0.3, 0.4) is 0 Å². The van der Waals surface area contributed by atoms with Crippen molar-refractivity contribution in [3.8, 4) is 0 Å². The van der Waals surface area contributed by atoms with Gasteiger partial charge in [-0.15, -0.1) is 12.4 Å². The number of halogens is 1. The largest absolute Gasteiger partial charge is 0.345 e. The monoisotopic (exact) mass is 377 g/mol.